The first-order valence-corrected chi connectivity index (χ1v) is 12.5. The number of aliphatic carboxylic acids is 1. The van der Waals surface area contributed by atoms with Gasteiger partial charge in [-0.15, -0.1) is 0 Å². The highest BCUT2D eigenvalue weighted by Gasteiger charge is 2.35. The van der Waals surface area contributed by atoms with Crippen molar-refractivity contribution in [3.8, 4) is 11.1 Å². The van der Waals surface area contributed by atoms with Crippen molar-refractivity contribution in [3.63, 3.8) is 0 Å². The smallest absolute Gasteiger partial charge is 0.407 e. The molecule has 3 atom stereocenters. The number of carboxylic acids is 1. The minimum Gasteiger partial charge on any atom is -0.481 e. The van der Waals surface area contributed by atoms with Crippen molar-refractivity contribution in [3.05, 3.63) is 59.7 Å². The van der Waals surface area contributed by atoms with Crippen LogP contribution in [0.2, 0.25) is 0 Å². The van der Waals surface area contributed by atoms with E-state index < -0.39 is 24.0 Å². The number of hydrogen-bond acceptors (Lipinski definition) is 4. The van der Waals surface area contributed by atoms with Gasteiger partial charge in [0.05, 0.1) is 5.92 Å². The maximum Gasteiger partial charge on any atom is 0.407 e. The Balaban J connectivity index is 1.37. The van der Waals surface area contributed by atoms with Crippen LogP contribution in [0.4, 0.5) is 4.79 Å². The third-order valence-electron chi connectivity index (χ3n) is 7.64. The lowest BCUT2D eigenvalue weighted by Gasteiger charge is -2.32. The average Bonchev–Trinajstić information content (AvgIpc) is 3.15. The number of fused-ring (bicyclic) bond motifs is 3. The zero-order valence-corrected chi connectivity index (χ0v) is 20.3. The van der Waals surface area contributed by atoms with E-state index in [-0.39, 0.29) is 36.8 Å². The molecule has 0 radical (unpaired) electrons. The van der Waals surface area contributed by atoms with Crippen molar-refractivity contribution in [1.82, 2.24) is 10.6 Å². The number of hydrogen-bond donors (Lipinski definition) is 3. The molecular weight excluding hydrogens is 444 g/mol. The zero-order valence-electron chi connectivity index (χ0n) is 20.3. The van der Waals surface area contributed by atoms with Crippen LogP contribution in [0.3, 0.4) is 0 Å². The van der Waals surface area contributed by atoms with Crippen LogP contribution >= 0.6 is 0 Å². The van der Waals surface area contributed by atoms with Crippen molar-refractivity contribution in [1.29, 1.82) is 0 Å². The van der Waals surface area contributed by atoms with Crippen LogP contribution in [0.5, 0.6) is 0 Å². The fourth-order valence-corrected chi connectivity index (χ4v) is 5.09. The second-order valence-electron chi connectivity index (χ2n) is 9.71. The molecule has 186 valence electrons. The van der Waals surface area contributed by atoms with Gasteiger partial charge in [-0.25, -0.2) is 4.79 Å². The van der Waals surface area contributed by atoms with Gasteiger partial charge >= 0.3 is 12.1 Å². The van der Waals surface area contributed by atoms with Crippen LogP contribution in [0.25, 0.3) is 11.1 Å². The van der Waals surface area contributed by atoms with Crippen molar-refractivity contribution >= 4 is 18.0 Å². The molecule has 2 aliphatic carbocycles. The summed E-state index contributed by atoms with van der Waals surface area (Å²) in [5, 5.41) is 15.0. The van der Waals surface area contributed by atoms with E-state index in [1.54, 1.807) is 0 Å². The number of rotatable bonds is 10. The third-order valence-corrected chi connectivity index (χ3v) is 7.64. The Labute approximate surface area is 206 Å². The van der Waals surface area contributed by atoms with E-state index in [2.05, 4.69) is 34.9 Å². The molecule has 0 heterocycles. The molecule has 0 spiro atoms. The van der Waals surface area contributed by atoms with Gasteiger partial charge in [0, 0.05) is 12.5 Å². The molecule has 1 saturated carbocycles. The Morgan fingerprint density at radius 1 is 1.03 bits per heavy atom. The van der Waals surface area contributed by atoms with Crippen molar-refractivity contribution < 1.29 is 24.2 Å². The molecule has 4 rings (SSSR count). The Kier molecular flexibility index (Phi) is 7.73. The van der Waals surface area contributed by atoms with Crippen LogP contribution in [-0.2, 0) is 14.3 Å². The lowest BCUT2D eigenvalue weighted by Crippen LogP contribution is -2.52. The summed E-state index contributed by atoms with van der Waals surface area (Å²) in [7, 11) is 0. The highest BCUT2D eigenvalue weighted by Crippen LogP contribution is 2.44. The van der Waals surface area contributed by atoms with Crippen molar-refractivity contribution in [2.24, 2.45) is 17.8 Å². The molecule has 1 fully saturated rings. The first kappa shape index (κ1) is 24.8. The number of carboxylic acid groups (broad SMARTS) is 1. The van der Waals surface area contributed by atoms with Gasteiger partial charge in [0.15, 0.2) is 0 Å². The standard InChI is InChI=1S/C28H34N2O5/c1-3-17(2)25(26(31)29-15-23(27(32)33)18-9-8-10-18)30-28(34)35-16-24-21-13-6-4-11-19(21)20-12-5-7-14-22(20)24/h4-7,11-14,17-18,23-25H,3,8-10,15-16H2,1-2H3,(H,29,31)(H,30,34)(H,32,33). The number of nitrogens with one attached hydrogen (secondary N) is 2. The number of benzene rings is 2. The number of alkyl carbamates (subject to hydrolysis) is 1. The third kappa shape index (κ3) is 5.34. The highest BCUT2D eigenvalue weighted by molar-refractivity contribution is 5.86. The topological polar surface area (TPSA) is 105 Å². The van der Waals surface area contributed by atoms with Crippen LogP contribution in [-0.4, -0.2) is 42.3 Å². The Morgan fingerprint density at radius 2 is 1.63 bits per heavy atom. The molecule has 0 aromatic heterocycles. The molecule has 2 aromatic rings. The second kappa shape index (κ2) is 10.9. The highest BCUT2D eigenvalue weighted by atomic mass is 16.5. The van der Waals surface area contributed by atoms with E-state index in [1.807, 2.05) is 38.1 Å². The average molecular weight is 479 g/mol. The number of amides is 2. The largest absolute Gasteiger partial charge is 0.481 e. The Bertz CT molecular complexity index is 1040. The van der Waals surface area contributed by atoms with E-state index in [9.17, 15) is 19.5 Å². The summed E-state index contributed by atoms with van der Waals surface area (Å²) in [5.74, 6) is -1.96. The minimum atomic E-state index is -0.889. The van der Waals surface area contributed by atoms with Gasteiger partial charge in [-0.05, 0) is 46.9 Å². The molecule has 3 unspecified atom stereocenters. The molecule has 3 N–H and O–H groups in total. The second-order valence-corrected chi connectivity index (χ2v) is 9.71. The Hall–Kier alpha value is -3.35. The quantitative estimate of drug-likeness (QED) is 0.464. The van der Waals surface area contributed by atoms with Crippen LogP contribution in [0.1, 0.15) is 56.6 Å². The van der Waals surface area contributed by atoms with E-state index in [0.29, 0.717) is 6.42 Å². The summed E-state index contributed by atoms with van der Waals surface area (Å²) in [5.41, 5.74) is 4.53. The molecule has 0 bridgehead atoms. The molecule has 0 saturated heterocycles. The molecule has 2 aliphatic rings. The van der Waals surface area contributed by atoms with Gasteiger partial charge in [-0.1, -0.05) is 75.2 Å². The van der Waals surface area contributed by atoms with Gasteiger partial charge in [0.25, 0.3) is 0 Å². The minimum absolute atomic E-state index is 0.0668. The first-order chi connectivity index (χ1) is 16.9. The van der Waals surface area contributed by atoms with E-state index >= 15 is 0 Å². The normalized spacial score (nSPS) is 17.3. The van der Waals surface area contributed by atoms with Gasteiger partial charge < -0.3 is 20.5 Å². The lowest BCUT2D eigenvalue weighted by atomic mass is 9.76. The SMILES string of the molecule is CCC(C)C(NC(=O)OCC1c2ccccc2-c2ccccc21)C(=O)NCC(C(=O)O)C1CCC1. The predicted octanol–water partition coefficient (Wildman–Crippen LogP) is 4.56. The number of carbonyl (C=O) groups excluding carboxylic acids is 2. The van der Waals surface area contributed by atoms with Crippen LogP contribution in [0, 0.1) is 17.8 Å². The molecule has 7 nitrogen and oxygen atoms in total. The van der Waals surface area contributed by atoms with E-state index in [0.717, 1.165) is 41.5 Å². The predicted molar refractivity (Wildman–Crippen MR) is 133 cm³/mol. The number of carbonyl (C=O) groups is 3. The van der Waals surface area contributed by atoms with Gasteiger partial charge in [-0.3, -0.25) is 9.59 Å². The summed E-state index contributed by atoms with van der Waals surface area (Å²) in [6.45, 7) is 4.06. The van der Waals surface area contributed by atoms with Crippen molar-refractivity contribution in [2.45, 2.75) is 51.5 Å². The molecule has 2 aromatic carbocycles. The fraction of sp³-hybridized carbons (Fsp3) is 0.464. The maximum absolute atomic E-state index is 12.9. The monoisotopic (exact) mass is 478 g/mol. The van der Waals surface area contributed by atoms with Crippen molar-refractivity contribution in [2.75, 3.05) is 13.2 Å². The summed E-state index contributed by atoms with van der Waals surface area (Å²) >= 11 is 0. The Morgan fingerprint density at radius 3 is 2.14 bits per heavy atom. The maximum atomic E-state index is 12.9. The number of ether oxygens (including phenoxy) is 1. The molecule has 7 heteroatoms. The summed E-state index contributed by atoms with van der Waals surface area (Å²) < 4.78 is 5.62. The summed E-state index contributed by atoms with van der Waals surface area (Å²) in [6.07, 6.45) is 2.80. The summed E-state index contributed by atoms with van der Waals surface area (Å²) in [4.78, 5) is 37.3. The van der Waals surface area contributed by atoms with Crippen LogP contribution < -0.4 is 10.6 Å². The first-order valence-electron chi connectivity index (χ1n) is 12.5. The van der Waals surface area contributed by atoms with E-state index in [4.69, 9.17) is 4.74 Å². The van der Waals surface area contributed by atoms with E-state index in [1.165, 1.54) is 0 Å². The van der Waals surface area contributed by atoms with Gasteiger partial charge in [-0.2, -0.15) is 0 Å². The fourth-order valence-electron chi connectivity index (χ4n) is 5.09. The molecule has 35 heavy (non-hydrogen) atoms. The zero-order chi connectivity index (χ0) is 24.9. The molecule has 0 aliphatic heterocycles. The lowest BCUT2D eigenvalue weighted by molar-refractivity contribution is -0.145. The van der Waals surface area contributed by atoms with Gasteiger partial charge in [0.1, 0.15) is 12.6 Å². The molecular formula is C28H34N2O5. The van der Waals surface area contributed by atoms with Crippen LogP contribution in [0.15, 0.2) is 48.5 Å². The summed E-state index contributed by atoms with van der Waals surface area (Å²) in [6, 6.07) is 15.4. The van der Waals surface area contributed by atoms with Gasteiger partial charge in [0.2, 0.25) is 5.91 Å². The molecule has 2 amide bonds.